The molecule has 4 nitrogen and oxygen atoms in total. The number of pyridine rings is 1. The summed E-state index contributed by atoms with van der Waals surface area (Å²) in [5, 5.41) is 10.3. The number of aromatic carboxylic acids is 1. The van der Waals surface area contributed by atoms with Crippen LogP contribution in [0, 0.1) is 0 Å². The Hall–Kier alpha value is -2.04. The largest absolute Gasteiger partial charge is 0.478 e. The average Bonchev–Trinajstić information content (AvgIpc) is 2.96. The highest BCUT2D eigenvalue weighted by Crippen LogP contribution is 2.33. The number of carbonyl (C=O) groups is 1. The van der Waals surface area contributed by atoms with Gasteiger partial charge >= 0.3 is 5.97 Å². The minimum Gasteiger partial charge on any atom is -0.478 e. The molecule has 2 heterocycles. The summed E-state index contributed by atoms with van der Waals surface area (Å²) in [4.78, 5) is 15.7. The highest BCUT2D eigenvalue weighted by molar-refractivity contribution is 6.45. The van der Waals surface area contributed by atoms with Gasteiger partial charge in [0.15, 0.2) is 5.76 Å². The molecule has 20 heavy (non-hydrogen) atoms. The highest BCUT2D eigenvalue weighted by atomic mass is 35.5. The molecule has 1 N–H and O–H groups in total. The van der Waals surface area contributed by atoms with Crippen LogP contribution in [0.2, 0.25) is 10.0 Å². The zero-order valence-electron chi connectivity index (χ0n) is 9.93. The van der Waals surface area contributed by atoms with E-state index in [0.29, 0.717) is 27.4 Å². The molecular formula is C14H7Cl2NO3. The lowest BCUT2D eigenvalue weighted by Gasteiger charge is -2.07. The average molecular weight is 308 g/mol. The van der Waals surface area contributed by atoms with Crippen LogP contribution in [-0.2, 0) is 0 Å². The van der Waals surface area contributed by atoms with E-state index >= 15 is 0 Å². The number of furan rings is 1. The van der Waals surface area contributed by atoms with Crippen LogP contribution in [0.5, 0.6) is 0 Å². The van der Waals surface area contributed by atoms with E-state index in [0.717, 1.165) is 0 Å². The fourth-order valence-corrected chi connectivity index (χ4v) is 2.32. The number of fused-ring (bicyclic) bond motifs is 1. The second-order valence-corrected chi connectivity index (χ2v) is 4.88. The van der Waals surface area contributed by atoms with Crippen molar-refractivity contribution in [2.45, 2.75) is 0 Å². The van der Waals surface area contributed by atoms with Gasteiger partial charge in [-0.05, 0) is 24.3 Å². The van der Waals surface area contributed by atoms with Crippen molar-refractivity contribution in [2.75, 3.05) is 0 Å². The Kier molecular flexibility index (Phi) is 3.12. The quantitative estimate of drug-likeness (QED) is 0.757. The summed E-state index contributed by atoms with van der Waals surface area (Å²) >= 11 is 12.1. The van der Waals surface area contributed by atoms with E-state index < -0.39 is 5.97 Å². The van der Waals surface area contributed by atoms with E-state index in [2.05, 4.69) is 4.98 Å². The number of hydrogen-bond donors (Lipinski definition) is 1. The zero-order chi connectivity index (χ0) is 14.3. The first-order valence-electron chi connectivity index (χ1n) is 5.64. The first-order chi connectivity index (χ1) is 9.58. The predicted octanol–water partition coefficient (Wildman–Crippen LogP) is 4.50. The fraction of sp³-hybridized carbons (Fsp3) is 0. The minimum absolute atomic E-state index is 0.0972. The lowest BCUT2D eigenvalue weighted by molar-refractivity contribution is 0.0699. The Morgan fingerprint density at radius 2 is 2.05 bits per heavy atom. The standard InChI is InChI=1S/C14H7Cl2NO3/c15-9-4-3-7-8(14(18)19)6-10(11-2-1-5-20-11)17-13(7)12(9)16/h1-6H,(H,18,19). The number of benzene rings is 1. The number of nitrogens with zero attached hydrogens (tertiary/aromatic N) is 1. The second kappa shape index (κ2) is 4.81. The van der Waals surface area contributed by atoms with Crippen LogP contribution in [0.1, 0.15) is 10.4 Å². The molecule has 0 unspecified atom stereocenters. The maximum Gasteiger partial charge on any atom is 0.336 e. The Morgan fingerprint density at radius 1 is 1.25 bits per heavy atom. The molecule has 0 saturated heterocycles. The molecule has 0 aliphatic heterocycles. The molecule has 0 atom stereocenters. The number of carboxylic acid groups (broad SMARTS) is 1. The third-order valence-corrected chi connectivity index (χ3v) is 3.67. The van der Waals surface area contributed by atoms with Crippen LogP contribution in [-0.4, -0.2) is 16.1 Å². The Morgan fingerprint density at radius 3 is 2.70 bits per heavy atom. The third kappa shape index (κ3) is 2.03. The van der Waals surface area contributed by atoms with Crippen LogP contribution in [0.15, 0.2) is 41.0 Å². The van der Waals surface area contributed by atoms with E-state index in [1.807, 2.05) is 0 Å². The van der Waals surface area contributed by atoms with Gasteiger partial charge in [-0.1, -0.05) is 29.3 Å². The number of hydrogen-bond acceptors (Lipinski definition) is 3. The van der Waals surface area contributed by atoms with Gasteiger partial charge in [-0.3, -0.25) is 0 Å². The summed E-state index contributed by atoms with van der Waals surface area (Å²) in [7, 11) is 0. The zero-order valence-corrected chi connectivity index (χ0v) is 11.4. The Balaban J connectivity index is 2.41. The summed E-state index contributed by atoms with van der Waals surface area (Å²) < 4.78 is 5.24. The molecule has 2 aromatic heterocycles. The van der Waals surface area contributed by atoms with Crippen molar-refractivity contribution in [3.8, 4) is 11.5 Å². The SMILES string of the molecule is O=C(O)c1cc(-c2ccco2)nc2c(Cl)c(Cl)ccc12. The molecule has 0 saturated carbocycles. The monoisotopic (exact) mass is 307 g/mol. The van der Waals surface area contributed by atoms with Crippen LogP contribution >= 0.6 is 23.2 Å². The lowest BCUT2D eigenvalue weighted by Crippen LogP contribution is -2.00. The van der Waals surface area contributed by atoms with Crippen molar-refractivity contribution in [1.82, 2.24) is 4.98 Å². The number of rotatable bonds is 2. The Labute approximate surface area is 123 Å². The van der Waals surface area contributed by atoms with Crippen molar-refractivity contribution >= 4 is 40.1 Å². The molecule has 3 aromatic rings. The number of aromatic nitrogens is 1. The normalized spacial score (nSPS) is 10.9. The smallest absolute Gasteiger partial charge is 0.336 e. The van der Waals surface area contributed by atoms with E-state index in [1.165, 1.54) is 12.3 Å². The first-order valence-corrected chi connectivity index (χ1v) is 6.39. The third-order valence-electron chi connectivity index (χ3n) is 2.88. The molecule has 0 aliphatic rings. The van der Waals surface area contributed by atoms with Crippen molar-refractivity contribution in [3.05, 3.63) is 52.2 Å². The van der Waals surface area contributed by atoms with E-state index in [4.69, 9.17) is 27.6 Å². The molecule has 0 aliphatic carbocycles. The van der Waals surface area contributed by atoms with Crippen molar-refractivity contribution in [2.24, 2.45) is 0 Å². The first kappa shape index (κ1) is 13.0. The van der Waals surface area contributed by atoms with Gasteiger partial charge in [0.25, 0.3) is 0 Å². The minimum atomic E-state index is -1.07. The van der Waals surface area contributed by atoms with E-state index in [1.54, 1.807) is 24.3 Å². The van der Waals surface area contributed by atoms with Crippen molar-refractivity contribution in [3.63, 3.8) is 0 Å². The van der Waals surface area contributed by atoms with Crippen LogP contribution in [0.25, 0.3) is 22.4 Å². The van der Waals surface area contributed by atoms with Crippen LogP contribution in [0.4, 0.5) is 0 Å². The second-order valence-electron chi connectivity index (χ2n) is 4.10. The maximum atomic E-state index is 11.4. The molecular weight excluding hydrogens is 301 g/mol. The number of halogens is 2. The molecule has 0 radical (unpaired) electrons. The van der Waals surface area contributed by atoms with Gasteiger partial charge in [-0.2, -0.15) is 0 Å². The van der Waals surface area contributed by atoms with E-state index in [9.17, 15) is 9.90 Å². The number of carboxylic acids is 1. The topological polar surface area (TPSA) is 63.3 Å². The highest BCUT2D eigenvalue weighted by Gasteiger charge is 2.17. The maximum absolute atomic E-state index is 11.4. The van der Waals surface area contributed by atoms with Gasteiger partial charge in [0, 0.05) is 5.39 Å². The van der Waals surface area contributed by atoms with Crippen molar-refractivity contribution < 1.29 is 14.3 Å². The van der Waals surface area contributed by atoms with Crippen LogP contribution < -0.4 is 0 Å². The molecule has 1 aromatic carbocycles. The van der Waals surface area contributed by atoms with Gasteiger partial charge in [-0.25, -0.2) is 9.78 Å². The summed E-state index contributed by atoms with van der Waals surface area (Å²) in [6, 6.07) is 7.98. The van der Waals surface area contributed by atoms with Gasteiger partial charge in [0.05, 0.1) is 27.4 Å². The molecule has 0 fully saturated rings. The molecule has 0 bridgehead atoms. The van der Waals surface area contributed by atoms with E-state index in [-0.39, 0.29) is 10.6 Å². The van der Waals surface area contributed by atoms with Gasteiger partial charge in [-0.15, -0.1) is 0 Å². The summed E-state index contributed by atoms with van der Waals surface area (Å²) in [5.74, 6) is -0.603. The molecule has 0 spiro atoms. The van der Waals surface area contributed by atoms with Gasteiger partial charge in [0.2, 0.25) is 0 Å². The lowest BCUT2D eigenvalue weighted by atomic mass is 10.1. The summed E-state index contributed by atoms with van der Waals surface area (Å²) in [6.07, 6.45) is 1.49. The summed E-state index contributed by atoms with van der Waals surface area (Å²) in [6.45, 7) is 0. The molecule has 3 rings (SSSR count). The van der Waals surface area contributed by atoms with Crippen molar-refractivity contribution in [1.29, 1.82) is 0 Å². The fourth-order valence-electron chi connectivity index (χ4n) is 1.96. The molecule has 0 amide bonds. The Bertz CT molecular complexity index is 813. The van der Waals surface area contributed by atoms with Gasteiger partial charge < -0.3 is 9.52 Å². The molecule has 6 heteroatoms. The molecule has 100 valence electrons. The van der Waals surface area contributed by atoms with Crippen LogP contribution in [0.3, 0.4) is 0 Å². The summed E-state index contributed by atoms with van der Waals surface area (Å²) in [5.41, 5.74) is 0.828. The van der Waals surface area contributed by atoms with Gasteiger partial charge in [0.1, 0.15) is 5.69 Å². The predicted molar refractivity (Wildman–Crippen MR) is 76.4 cm³/mol.